The van der Waals surface area contributed by atoms with Crippen molar-refractivity contribution in [1.82, 2.24) is 0 Å². The first kappa shape index (κ1) is 52.5. The molecule has 3 unspecified atom stereocenters. The number of rotatable bonds is 42. The zero-order chi connectivity index (χ0) is 39.8. The first-order chi connectivity index (χ1) is 26.2. The van der Waals surface area contributed by atoms with Crippen LogP contribution in [-0.2, 0) is 32.7 Å². The monoisotopic (exact) mass is 788 g/mol. The number of hydrogen-bond acceptors (Lipinski definition) is 8. The third kappa shape index (κ3) is 38.7. The Bertz CT molecular complexity index is 961. The van der Waals surface area contributed by atoms with E-state index in [-0.39, 0.29) is 13.0 Å². The molecule has 0 rings (SSSR count). The summed E-state index contributed by atoms with van der Waals surface area (Å²) in [7, 11) is -4.61. The quantitative estimate of drug-likeness (QED) is 0.0236. The van der Waals surface area contributed by atoms with Gasteiger partial charge in [-0.2, -0.15) is 0 Å². The normalized spacial score (nSPS) is 14.1. The first-order valence-corrected chi connectivity index (χ1v) is 23.4. The summed E-state index contributed by atoms with van der Waals surface area (Å²) in [6.45, 7) is 3.88. The summed E-state index contributed by atoms with van der Waals surface area (Å²) < 4.78 is 33.3. The largest absolute Gasteiger partial charge is 0.480 e. The number of esters is 1. The van der Waals surface area contributed by atoms with E-state index < -0.39 is 45.1 Å². The van der Waals surface area contributed by atoms with Crippen molar-refractivity contribution in [2.45, 2.75) is 212 Å². The Morgan fingerprint density at radius 1 is 0.593 bits per heavy atom. The highest BCUT2D eigenvalue weighted by Crippen LogP contribution is 2.43. The van der Waals surface area contributed by atoms with Crippen LogP contribution in [0.3, 0.4) is 0 Å². The zero-order valence-electron chi connectivity index (χ0n) is 34.6. The molecule has 54 heavy (non-hydrogen) atoms. The summed E-state index contributed by atoms with van der Waals surface area (Å²) in [6.07, 6.45) is 42.3. The summed E-state index contributed by atoms with van der Waals surface area (Å²) in [5.41, 5.74) is 5.35. The van der Waals surface area contributed by atoms with Crippen molar-refractivity contribution in [3.63, 3.8) is 0 Å². The lowest BCUT2D eigenvalue weighted by Crippen LogP contribution is -2.34. The lowest BCUT2D eigenvalue weighted by Gasteiger charge is -2.20. The molecule has 0 aromatic carbocycles. The second kappa shape index (κ2) is 39.7. The molecular weight excluding hydrogens is 705 g/mol. The van der Waals surface area contributed by atoms with Gasteiger partial charge in [0.25, 0.3) is 0 Å². The minimum Gasteiger partial charge on any atom is -0.480 e. The average molecular weight is 788 g/mol. The van der Waals surface area contributed by atoms with Crippen LogP contribution in [0.2, 0.25) is 0 Å². The molecule has 0 bridgehead atoms. The van der Waals surface area contributed by atoms with Gasteiger partial charge in [-0.05, 0) is 44.9 Å². The number of phosphoric ester groups is 1. The van der Waals surface area contributed by atoms with Crippen molar-refractivity contribution in [2.75, 3.05) is 26.4 Å². The number of nitrogens with two attached hydrogens (primary N) is 1. The highest BCUT2D eigenvalue weighted by Gasteiger charge is 2.27. The molecule has 4 N–H and O–H groups in total. The van der Waals surface area contributed by atoms with Crippen molar-refractivity contribution in [2.24, 2.45) is 5.73 Å². The number of unbranched alkanes of at least 4 members (excludes halogenated alkanes) is 24. The summed E-state index contributed by atoms with van der Waals surface area (Å²) in [6, 6.07) is -1.47. The molecule has 0 radical (unpaired) electrons. The van der Waals surface area contributed by atoms with Crippen molar-refractivity contribution in [1.29, 1.82) is 0 Å². The second-order valence-corrected chi connectivity index (χ2v) is 16.3. The standard InChI is InChI=1S/C43H82NO9P/c1-3-5-7-9-11-13-15-16-17-18-19-20-21-22-23-24-25-27-29-31-33-35-42(45)53-40(38-51-54(48,49)52-39-41(44)43(46)47)37-50-36-34-32-30-28-26-14-12-10-8-6-4-2/h15-16,18-19,40-41H,3-14,17,20-39,44H2,1-2H3,(H,46,47)(H,48,49)/b16-15-,19-18-. The highest BCUT2D eigenvalue weighted by molar-refractivity contribution is 7.47. The molecule has 0 spiro atoms. The van der Waals surface area contributed by atoms with Gasteiger partial charge in [0.2, 0.25) is 0 Å². The minimum atomic E-state index is -4.61. The number of carbonyl (C=O) groups excluding carboxylic acids is 1. The maximum Gasteiger partial charge on any atom is 0.472 e. The van der Waals surface area contributed by atoms with Crippen molar-refractivity contribution >= 4 is 19.8 Å². The van der Waals surface area contributed by atoms with E-state index in [0.29, 0.717) is 13.0 Å². The van der Waals surface area contributed by atoms with Gasteiger partial charge < -0.3 is 25.2 Å². The van der Waals surface area contributed by atoms with Gasteiger partial charge in [0, 0.05) is 13.0 Å². The third-order valence-corrected chi connectivity index (χ3v) is 10.4. The van der Waals surface area contributed by atoms with Crippen molar-refractivity contribution < 1.29 is 42.7 Å². The smallest absolute Gasteiger partial charge is 0.472 e. The molecule has 0 aliphatic heterocycles. The minimum absolute atomic E-state index is 0.0189. The molecular formula is C43H82NO9P. The Kier molecular flexibility index (Phi) is 38.5. The number of ether oxygens (including phenoxy) is 2. The Morgan fingerprint density at radius 3 is 1.50 bits per heavy atom. The molecule has 0 aliphatic rings. The molecule has 318 valence electrons. The van der Waals surface area contributed by atoms with Gasteiger partial charge in [0.1, 0.15) is 12.1 Å². The molecule has 0 heterocycles. The fraction of sp³-hybridized carbons (Fsp3) is 0.860. The van der Waals surface area contributed by atoms with Crippen LogP contribution in [0, 0.1) is 0 Å². The second-order valence-electron chi connectivity index (χ2n) is 14.8. The van der Waals surface area contributed by atoms with Crippen molar-refractivity contribution in [3.8, 4) is 0 Å². The number of hydrogen-bond donors (Lipinski definition) is 3. The van der Waals surface area contributed by atoms with Crippen LogP contribution in [0.1, 0.15) is 200 Å². The number of carbonyl (C=O) groups is 2. The molecule has 11 heteroatoms. The summed E-state index contributed by atoms with van der Waals surface area (Å²) in [4.78, 5) is 33.5. The predicted octanol–water partition coefficient (Wildman–Crippen LogP) is 11.9. The Balaban J connectivity index is 4.17. The van der Waals surface area contributed by atoms with Crippen LogP contribution < -0.4 is 5.73 Å². The third-order valence-electron chi connectivity index (χ3n) is 9.48. The van der Waals surface area contributed by atoms with Gasteiger partial charge in [0.15, 0.2) is 0 Å². The Morgan fingerprint density at radius 2 is 1.02 bits per heavy atom. The Hall–Kier alpha value is -1.55. The fourth-order valence-corrected chi connectivity index (χ4v) is 6.82. The van der Waals surface area contributed by atoms with E-state index in [9.17, 15) is 19.0 Å². The number of carboxylic acid groups (broad SMARTS) is 1. The molecule has 10 nitrogen and oxygen atoms in total. The van der Waals surface area contributed by atoms with E-state index in [2.05, 4.69) is 38.2 Å². The maximum atomic E-state index is 12.6. The van der Waals surface area contributed by atoms with Crippen LogP contribution in [0.4, 0.5) is 0 Å². The maximum absolute atomic E-state index is 12.6. The molecule has 0 fully saturated rings. The molecule has 0 saturated carbocycles. The molecule has 0 amide bonds. The molecule has 0 aromatic rings. The first-order valence-electron chi connectivity index (χ1n) is 21.9. The molecule has 3 atom stereocenters. The summed E-state index contributed by atoms with van der Waals surface area (Å²) in [5.74, 6) is -1.78. The van der Waals surface area contributed by atoms with Gasteiger partial charge in [-0.25, -0.2) is 4.57 Å². The fourth-order valence-electron chi connectivity index (χ4n) is 6.05. The number of carboxylic acids is 1. The van der Waals surface area contributed by atoms with Gasteiger partial charge in [-0.1, -0.05) is 173 Å². The lowest BCUT2D eigenvalue weighted by atomic mass is 10.1. The number of phosphoric acid groups is 1. The van der Waals surface area contributed by atoms with Gasteiger partial charge in [-0.15, -0.1) is 0 Å². The van der Waals surface area contributed by atoms with Crippen LogP contribution >= 0.6 is 7.82 Å². The zero-order valence-corrected chi connectivity index (χ0v) is 35.5. The predicted molar refractivity (Wildman–Crippen MR) is 222 cm³/mol. The Labute approximate surface area is 330 Å². The van der Waals surface area contributed by atoms with Crippen LogP contribution in [-0.4, -0.2) is 60.5 Å². The topological polar surface area (TPSA) is 155 Å². The van der Waals surface area contributed by atoms with Crippen LogP contribution in [0.25, 0.3) is 0 Å². The highest BCUT2D eigenvalue weighted by atomic mass is 31.2. The molecule has 0 aromatic heterocycles. The summed E-state index contributed by atoms with van der Waals surface area (Å²) in [5, 5.41) is 8.88. The number of aliphatic carboxylic acids is 1. The van der Waals surface area contributed by atoms with E-state index in [1.165, 1.54) is 122 Å². The van der Waals surface area contributed by atoms with E-state index in [1.807, 2.05) is 0 Å². The lowest BCUT2D eigenvalue weighted by molar-refractivity contribution is -0.154. The van der Waals surface area contributed by atoms with E-state index in [4.69, 9.17) is 29.4 Å². The van der Waals surface area contributed by atoms with E-state index >= 15 is 0 Å². The van der Waals surface area contributed by atoms with Gasteiger partial charge >= 0.3 is 19.8 Å². The molecule has 0 saturated heterocycles. The van der Waals surface area contributed by atoms with Gasteiger partial charge in [-0.3, -0.25) is 18.6 Å². The molecule has 0 aliphatic carbocycles. The van der Waals surface area contributed by atoms with Crippen LogP contribution in [0.15, 0.2) is 24.3 Å². The van der Waals surface area contributed by atoms with Crippen LogP contribution in [0.5, 0.6) is 0 Å². The van der Waals surface area contributed by atoms with Crippen molar-refractivity contribution in [3.05, 3.63) is 24.3 Å². The van der Waals surface area contributed by atoms with Gasteiger partial charge in [0.05, 0.1) is 19.8 Å². The SMILES string of the molecule is CCCCCCC/C=C\C/C=C\CCCCCCCCCCCC(=O)OC(COCCCCCCCCCCCCC)COP(=O)(O)OCC(N)C(=O)O. The number of allylic oxidation sites excluding steroid dienone is 4. The van der Waals surface area contributed by atoms with E-state index in [0.717, 1.165) is 51.4 Å². The summed E-state index contributed by atoms with van der Waals surface area (Å²) >= 11 is 0. The average Bonchev–Trinajstić information content (AvgIpc) is 3.15. The van der Waals surface area contributed by atoms with E-state index in [1.54, 1.807) is 0 Å².